The monoisotopic (exact) mass is 458 g/mol. The Balaban J connectivity index is 1.85. The van der Waals surface area contributed by atoms with Gasteiger partial charge in [0.15, 0.2) is 0 Å². The van der Waals surface area contributed by atoms with Crippen LogP contribution in [0.25, 0.3) is 0 Å². The summed E-state index contributed by atoms with van der Waals surface area (Å²) < 4.78 is 16.9. The van der Waals surface area contributed by atoms with E-state index in [1.807, 2.05) is 6.08 Å². The maximum absolute atomic E-state index is 12.5. The fraction of sp³-hybridized carbons (Fsp3) is 0.480. The topological polar surface area (TPSA) is 119 Å². The summed E-state index contributed by atoms with van der Waals surface area (Å²) in [5.41, 5.74) is 2.47. The molecule has 33 heavy (non-hydrogen) atoms. The van der Waals surface area contributed by atoms with Gasteiger partial charge in [0.1, 0.15) is 18.8 Å². The molecular weight excluding hydrogens is 428 g/mol. The van der Waals surface area contributed by atoms with Gasteiger partial charge < -0.3 is 24.4 Å². The van der Waals surface area contributed by atoms with Crippen LogP contribution in [-0.2, 0) is 28.6 Å². The van der Waals surface area contributed by atoms with Crippen LogP contribution >= 0.6 is 0 Å². The van der Waals surface area contributed by atoms with Crippen LogP contribution in [0.3, 0.4) is 0 Å². The van der Waals surface area contributed by atoms with Gasteiger partial charge in [-0.05, 0) is 43.9 Å². The molecule has 0 spiro atoms. The third kappa shape index (κ3) is 5.02. The molecule has 3 rings (SSSR count). The SMILES string of the molecule is C=C1CC(OC(=O)C(C)=CCO)C2C(=C)C(=O)OC2C2C(COC(=O)C(C)=CCO)=CCC12. The van der Waals surface area contributed by atoms with Gasteiger partial charge in [-0.3, -0.25) is 0 Å². The van der Waals surface area contributed by atoms with Crippen molar-refractivity contribution < 1.29 is 38.8 Å². The predicted octanol–water partition coefficient (Wildman–Crippen LogP) is 1.94. The first kappa shape index (κ1) is 24.7. The number of carbonyl (C=O) groups excluding carboxylic acids is 3. The Hall–Kier alpha value is -2.97. The first-order valence-electron chi connectivity index (χ1n) is 10.9. The van der Waals surface area contributed by atoms with Crippen LogP contribution in [0, 0.1) is 17.8 Å². The quantitative estimate of drug-likeness (QED) is 0.257. The molecule has 1 aliphatic heterocycles. The molecular formula is C25H30O8. The lowest BCUT2D eigenvalue weighted by Crippen LogP contribution is -2.37. The van der Waals surface area contributed by atoms with E-state index < -0.39 is 36.0 Å². The number of esters is 3. The molecule has 3 aliphatic rings. The summed E-state index contributed by atoms with van der Waals surface area (Å²) in [5.74, 6) is -2.57. The second-order valence-electron chi connectivity index (χ2n) is 8.59. The van der Waals surface area contributed by atoms with Crippen molar-refractivity contribution >= 4 is 17.9 Å². The number of hydrogen-bond acceptors (Lipinski definition) is 8. The molecule has 8 nitrogen and oxygen atoms in total. The van der Waals surface area contributed by atoms with E-state index in [-0.39, 0.29) is 42.8 Å². The molecule has 0 radical (unpaired) electrons. The number of aliphatic hydroxyl groups excluding tert-OH is 2. The van der Waals surface area contributed by atoms with Crippen LogP contribution in [-0.4, -0.2) is 60.1 Å². The lowest BCUT2D eigenvalue weighted by Gasteiger charge is -2.29. The fourth-order valence-corrected chi connectivity index (χ4v) is 4.76. The molecule has 0 aromatic heterocycles. The number of fused-ring (bicyclic) bond motifs is 3. The van der Waals surface area contributed by atoms with E-state index in [1.54, 1.807) is 13.8 Å². The van der Waals surface area contributed by atoms with Crippen LogP contribution in [0.2, 0.25) is 0 Å². The summed E-state index contributed by atoms with van der Waals surface area (Å²) in [6.45, 7) is 10.7. The van der Waals surface area contributed by atoms with Gasteiger partial charge in [0.25, 0.3) is 0 Å². The molecule has 1 saturated heterocycles. The minimum absolute atomic E-state index is 0.0138. The Bertz CT molecular complexity index is 953. The van der Waals surface area contributed by atoms with Crippen LogP contribution in [0.5, 0.6) is 0 Å². The van der Waals surface area contributed by atoms with E-state index >= 15 is 0 Å². The largest absolute Gasteiger partial charge is 0.458 e. The molecule has 2 fully saturated rings. The second-order valence-corrected chi connectivity index (χ2v) is 8.59. The molecule has 0 bridgehead atoms. The van der Waals surface area contributed by atoms with E-state index in [9.17, 15) is 14.4 Å². The van der Waals surface area contributed by atoms with Gasteiger partial charge >= 0.3 is 17.9 Å². The smallest absolute Gasteiger partial charge is 0.334 e. The average molecular weight is 459 g/mol. The number of allylic oxidation sites excluding steroid dienone is 1. The summed E-state index contributed by atoms with van der Waals surface area (Å²) in [5, 5.41) is 18.0. The van der Waals surface area contributed by atoms with Crippen molar-refractivity contribution in [1.82, 2.24) is 0 Å². The molecule has 1 saturated carbocycles. The molecule has 8 heteroatoms. The Labute approximate surface area is 192 Å². The lowest BCUT2D eigenvalue weighted by atomic mass is 9.80. The standard InChI is InChI=1S/C25H30O8/c1-13(7-9-26)23(28)31-12-17-5-6-18-15(3)11-19(32-24(29)14(2)8-10-27)20-16(4)25(30)33-22(20)21(17)18/h5,7-8,18-22,26-27H,3-4,6,9-12H2,1-2H3. The van der Waals surface area contributed by atoms with Crippen molar-refractivity contribution in [2.24, 2.45) is 17.8 Å². The highest BCUT2D eigenvalue weighted by molar-refractivity contribution is 5.92. The van der Waals surface area contributed by atoms with Crippen LogP contribution < -0.4 is 0 Å². The number of hydrogen-bond donors (Lipinski definition) is 2. The molecule has 2 N–H and O–H groups in total. The molecule has 1 heterocycles. The second kappa shape index (κ2) is 10.3. The number of rotatable bonds is 7. The zero-order valence-corrected chi connectivity index (χ0v) is 18.9. The fourth-order valence-electron chi connectivity index (χ4n) is 4.76. The number of ether oxygens (including phenoxy) is 3. The minimum atomic E-state index is -0.694. The lowest BCUT2D eigenvalue weighted by molar-refractivity contribution is -0.148. The third-order valence-electron chi connectivity index (χ3n) is 6.57. The minimum Gasteiger partial charge on any atom is -0.458 e. The Morgan fingerprint density at radius 3 is 2.39 bits per heavy atom. The van der Waals surface area contributed by atoms with Crippen LogP contribution in [0.15, 0.2) is 59.3 Å². The Kier molecular flexibility index (Phi) is 7.71. The highest BCUT2D eigenvalue weighted by atomic mass is 16.6. The van der Waals surface area contributed by atoms with Crippen LogP contribution in [0.1, 0.15) is 26.7 Å². The first-order chi connectivity index (χ1) is 15.7. The van der Waals surface area contributed by atoms with Gasteiger partial charge in [-0.1, -0.05) is 24.8 Å². The van der Waals surface area contributed by atoms with Gasteiger partial charge in [-0.15, -0.1) is 0 Å². The van der Waals surface area contributed by atoms with E-state index in [1.165, 1.54) is 12.2 Å². The van der Waals surface area contributed by atoms with E-state index in [0.29, 0.717) is 18.4 Å². The van der Waals surface area contributed by atoms with E-state index in [2.05, 4.69) is 13.2 Å². The van der Waals surface area contributed by atoms with Gasteiger partial charge in [0.2, 0.25) is 0 Å². The summed E-state index contributed by atoms with van der Waals surface area (Å²) in [7, 11) is 0. The van der Waals surface area contributed by atoms with Crippen molar-refractivity contribution in [3.05, 3.63) is 59.3 Å². The normalized spacial score (nSPS) is 29.6. The van der Waals surface area contributed by atoms with Gasteiger partial charge in [-0.2, -0.15) is 0 Å². The molecule has 178 valence electrons. The van der Waals surface area contributed by atoms with Gasteiger partial charge in [-0.25, -0.2) is 14.4 Å². The molecule has 0 aromatic carbocycles. The Morgan fingerprint density at radius 2 is 1.76 bits per heavy atom. The zero-order valence-electron chi connectivity index (χ0n) is 18.9. The van der Waals surface area contributed by atoms with Crippen LogP contribution in [0.4, 0.5) is 0 Å². The molecule has 2 aliphatic carbocycles. The summed E-state index contributed by atoms with van der Waals surface area (Å²) in [4.78, 5) is 37.2. The highest BCUT2D eigenvalue weighted by Gasteiger charge is 2.55. The third-order valence-corrected chi connectivity index (χ3v) is 6.57. The van der Waals surface area contributed by atoms with Crippen molar-refractivity contribution in [1.29, 1.82) is 0 Å². The molecule has 0 aromatic rings. The maximum Gasteiger partial charge on any atom is 0.334 e. The van der Waals surface area contributed by atoms with Crippen molar-refractivity contribution in [3.8, 4) is 0 Å². The summed E-state index contributed by atoms with van der Waals surface area (Å²) in [6, 6.07) is 0. The van der Waals surface area contributed by atoms with E-state index in [0.717, 1.165) is 11.1 Å². The van der Waals surface area contributed by atoms with Crippen molar-refractivity contribution in [3.63, 3.8) is 0 Å². The van der Waals surface area contributed by atoms with Gasteiger partial charge in [0, 0.05) is 29.1 Å². The molecule has 5 atom stereocenters. The first-order valence-corrected chi connectivity index (χ1v) is 10.9. The van der Waals surface area contributed by atoms with Crippen molar-refractivity contribution in [2.75, 3.05) is 19.8 Å². The number of aliphatic hydroxyl groups is 2. The zero-order chi connectivity index (χ0) is 24.3. The maximum atomic E-state index is 12.5. The van der Waals surface area contributed by atoms with Gasteiger partial charge in [0.05, 0.1) is 19.1 Å². The predicted molar refractivity (Wildman–Crippen MR) is 118 cm³/mol. The van der Waals surface area contributed by atoms with E-state index in [4.69, 9.17) is 24.4 Å². The summed E-state index contributed by atoms with van der Waals surface area (Å²) in [6.07, 6.45) is 4.36. The highest BCUT2D eigenvalue weighted by Crippen LogP contribution is 2.51. The average Bonchev–Trinajstić information content (AvgIpc) is 3.29. The number of carbonyl (C=O) groups is 3. The summed E-state index contributed by atoms with van der Waals surface area (Å²) >= 11 is 0. The van der Waals surface area contributed by atoms with Crippen molar-refractivity contribution in [2.45, 2.75) is 38.9 Å². The molecule has 0 amide bonds. The molecule has 5 unspecified atom stereocenters. The Morgan fingerprint density at radius 1 is 1.12 bits per heavy atom.